The summed E-state index contributed by atoms with van der Waals surface area (Å²) in [5, 5.41) is 8.35. The summed E-state index contributed by atoms with van der Waals surface area (Å²) in [6, 6.07) is 1.98. The van der Waals surface area contributed by atoms with Gasteiger partial charge in [-0.1, -0.05) is 0 Å². The van der Waals surface area contributed by atoms with Crippen LogP contribution in [0, 0.1) is 18.3 Å². The molecule has 0 radical (unpaired) electrons. The van der Waals surface area contributed by atoms with Crippen molar-refractivity contribution in [3.05, 3.63) is 17.6 Å². The van der Waals surface area contributed by atoms with Gasteiger partial charge in [0.2, 0.25) is 0 Å². The lowest BCUT2D eigenvalue weighted by molar-refractivity contribution is 1.02. The molecule has 0 saturated heterocycles. The van der Waals surface area contributed by atoms with Crippen molar-refractivity contribution in [1.82, 2.24) is 9.97 Å². The Hall–Kier alpha value is -1.63. The number of hydrogen-bond donors (Lipinski definition) is 1. The number of nitriles is 1. The Morgan fingerprint density at radius 3 is 3.00 bits per heavy atom. The fraction of sp³-hybridized carbons (Fsp3) is 0.286. The van der Waals surface area contributed by atoms with E-state index in [2.05, 4.69) is 9.97 Å². The average Bonchev–Trinajstić information content (AvgIpc) is 1.95. The Morgan fingerprint density at radius 2 is 2.45 bits per heavy atom. The van der Waals surface area contributed by atoms with Gasteiger partial charge in [-0.25, -0.2) is 9.97 Å². The molecule has 1 rings (SSSR count). The van der Waals surface area contributed by atoms with Crippen LogP contribution in [-0.2, 0) is 6.42 Å². The number of aromatic nitrogens is 2. The summed E-state index contributed by atoms with van der Waals surface area (Å²) in [5.74, 6) is 1.03. The van der Waals surface area contributed by atoms with Crippen molar-refractivity contribution in [3.8, 4) is 6.07 Å². The first-order valence-corrected chi connectivity index (χ1v) is 3.19. The van der Waals surface area contributed by atoms with Gasteiger partial charge >= 0.3 is 0 Å². The molecule has 0 unspecified atom stereocenters. The van der Waals surface area contributed by atoms with Crippen molar-refractivity contribution < 1.29 is 0 Å². The Morgan fingerprint density at radius 1 is 1.73 bits per heavy atom. The molecule has 0 amide bonds. The molecule has 1 aromatic rings. The van der Waals surface area contributed by atoms with Crippen molar-refractivity contribution in [2.24, 2.45) is 0 Å². The zero-order chi connectivity index (χ0) is 8.27. The molecule has 2 N–H and O–H groups in total. The third-order valence-electron chi connectivity index (χ3n) is 1.29. The molecule has 0 saturated carbocycles. The highest BCUT2D eigenvalue weighted by molar-refractivity contribution is 5.38. The maximum Gasteiger partial charge on any atom is 0.131 e. The lowest BCUT2D eigenvalue weighted by atomic mass is 10.2. The molecule has 4 nitrogen and oxygen atoms in total. The maximum atomic E-state index is 8.35. The van der Waals surface area contributed by atoms with Crippen LogP contribution in [0.4, 0.5) is 5.82 Å². The monoisotopic (exact) mass is 148 g/mol. The van der Waals surface area contributed by atoms with E-state index in [1.54, 1.807) is 13.1 Å². The summed E-state index contributed by atoms with van der Waals surface area (Å²) in [5.41, 5.74) is 6.20. The molecule has 0 aromatic carbocycles. The third kappa shape index (κ3) is 1.64. The topological polar surface area (TPSA) is 75.6 Å². The van der Waals surface area contributed by atoms with Crippen molar-refractivity contribution >= 4 is 5.82 Å². The SMILES string of the molecule is Cc1ncc(CC#N)c(N)n1. The summed E-state index contributed by atoms with van der Waals surface area (Å²) in [6.45, 7) is 1.76. The van der Waals surface area contributed by atoms with E-state index in [9.17, 15) is 0 Å². The summed E-state index contributed by atoms with van der Waals surface area (Å²) >= 11 is 0. The maximum absolute atomic E-state index is 8.35. The highest BCUT2D eigenvalue weighted by atomic mass is 14.9. The highest BCUT2D eigenvalue weighted by Crippen LogP contribution is 2.06. The smallest absolute Gasteiger partial charge is 0.131 e. The summed E-state index contributed by atoms with van der Waals surface area (Å²) in [7, 11) is 0. The van der Waals surface area contributed by atoms with Gasteiger partial charge in [0.15, 0.2) is 0 Å². The summed E-state index contributed by atoms with van der Waals surface area (Å²) in [6.07, 6.45) is 1.85. The Kier molecular flexibility index (Phi) is 2.02. The molecule has 0 aliphatic heterocycles. The average molecular weight is 148 g/mol. The van der Waals surface area contributed by atoms with Crippen LogP contribution in [-0.4, -0.2) is 9.97 Å². The molecule has 56 valence electrons. The molecule has 0 spiro atoms. The van der Waals surface area contributed by atoms with Gasteiger partial charge in [0.05, 0.1) is 12.5 Å². The van der Waals surface area contributed by atoms with Crippen LogP contribution in [0.1, 0.15) is 11.4 Å². The number of aryl methyl sites for hydroxylation is 1. The minimum absolute atomic E-state index is 0.270. The molecule has 0 bridgehead atoms. The van der Waals surface area contributed by atoms with Crippen LogP contribution in [0.3, 0.4) is 0 Å². The largest absolute Gasteiger partial charge is 0.383 e. The van der Waals surface area contributed by atoms with E-state index in [0.717, 1.165) is 0 Å². The first-order chi connectivity index (χ1) is 5.24. The van der Waals surface area contributed by atoms with Crippen LogP contribution in [0.25, 0.3) is 0 Å². The highest BCUT2D eigenvalue weighted by Gasteiger charge is 1.99. The van der Waals surface area contributed by atoms with Gasteiger partial charge in [-0.3, -0.25) is 0 Å². The van der Waals surface area contributed by atoms with Crippen LogP contribution in [0.2, 0.25) is 0 Å². The number of nitrogens with two attached hydrogens (primary N) is 1. The van der Waals surface area contributed by atoms with Crippen molar-refractivity contribution in [2.45, 2.75) is 13.3 Å². The number of rotatable bonds is 1. The molecule has 0 aliphatic carbocycles. The van der Waals surface area contributed by atoms with Crippen LogP contribution < -0.4 is 5.73 Å². The fourth-order valence-electron chi connectivity index (χ4n) is 0.734. The minimum atomic E-state index is 0.270. The molecular formula is C7H8N4. The number of anilines is 1. The fourth-order valence-corrected chi connectivity index (χ4v) is 0.734. The lowest BCUT2D eigenvalue weighted by Gasteiger charge is -1.98. The molecule has 0 fully saturated rings. The van der Waals surface area contributed by atoms with E-state index in [1.807, 2.05) is 6.07 Å². The quantitative estimate of drug-likeness (QED) is 0.626. The predicted octanol–water partition coefficient (Wildman–Crippen LogP) is 0.433. The van der Waals surface area contributed by atoms with Gasteiger partial charge in [-0.15, -0.1) is 0 Å². The third-order valence-corrected chi connectivity index (χ3v) is 1.29. The van der Waals surface area contributed by atoms with Gasteiger partial charge in [0, 0.05) is 11.8 Å². The van der Waals surface area contributed by atoms with Crippen molar-refractivity contribution in [2.75, 3.05) is 5.73 Å². The normalized spacial score (nSPS) is 9.09. The molecular weight excluding hydrogens is 140 g/mol. The molecule has 0 atom stereocenters. The van der Waals surface area contributed by atoms with Gasteiger partial charge < -0.3 is 5.73 Å². The van der Waals surface area contributed by atoms with Gasteiger partial charge in [-0.05, 0) is 6.92 Å². The van der Waals surface area contributed by atoms with E-state index < -0.39 is 0 Å². The molecule has 11 heavy (non-hydrogen) atoms. The van der Waals surface area contributed by atoms with E-state index in [-0.39, 0.29) is 6.42 Å². The van der Waals surface area contributed by atoms with E-state index in [4.69, 9.17) is 11.0 Å². The molecule has 0 aliphatic rings. The second-order valence-electron chi connectivity index (χ2n) is 2.16. The van der Waals surface area contributed by atoms with Crippen molar-refractivity contribution in [3.63, 3.8) is 0 Å². The predicted molar refractivity (Wildman–Crippen MR) is 40.5 cm³/mol. The molecule has 1 aromatic heterocycles. The zero-order valence-electron chi connectivity index (χ0n) is 6.20. The van der Waals surface area contributed by atoms with Gasteiger partial charge in [0.1, 0.15) is 11.6 Å². The first kappa shape index (κ1) is 7.48. The number of nitrogens with zero attached hydrogens (tertiary/aromatic N) is 3. The Bertz CT molecular complexity index is 300. The summed E-state index contributed by atoms with van der Waals surface area (Å²) < 4.78 is 0. The van der Waals surface area contributed by atoms with E-state index >= 15 is 0 Å². The number of nitrogen functional groups attached to an aromatic ring is 1. The Balaban J connectivity index is 3.01. The lowest BCUT2D eigenvalue weighted by Crippen LogP contribution is -2.00. The van der Waals surface area contributed by atoms with Crippen molar-refractivity contribution in [1.29, 1.82) is 5.26 Å². The standard InChI is InChI=1S/C7H8N4/c1-5-10-4-6(2-3-8)7(9)11-5/h4H,2H2,1H3,(H2,9,10,11). The van der Waals surface area contributed by atoms with E-state index in [1.165, 1.54) is 0 Å². The van der Waals surface area contributed by atoms with Gasteiger partial charge in [0.25, 0.3) is 0 Å². The Labute approximate surface area is 64.7 Å². The second-order valence-corrected chi connectivity index (χ2v) is 2.16. The van der Waals surface area contributed by atoms with Crippen LogP contribution >= 0.6 is 0 Å². The number of hydrogen-bond acceptors (Lipinski definition) is 4. The van der Waals surface area contributed by atoms with Crippen LogP contribution in [0.15, 0.2) is 6.20 Å². The summed E-state index contributed by atoms with van der Waals surface area (Å²) in [4.78, 5) is 7.82. The van der Waals surface area contributed by atoms with Gasteiger partial charge in [-0.2, -0.15) is 5.26 Å². The second kappa shape index (κ2) is 2.97. The zero-order valence-corrected chi connectivity index (χ0v) is 6.20. The van der Waals surface area contributed by atoms with E-state index in [0.29, 0.717) is 17.2 Å². The molecule has 1 heterocycles. The van der Waals surface area contributed by atoms with Crippen LogP contribution in [0.5, 0.6) is 0 Å². The minimum Gasteiger partial charge on any atom is -0.383 e. The molecule has 4 heteroatoms. The first-order valence-electron chi connectivity index (χ1n) is 3.19.